The fraction of sp³-hybridized carbons (Fsp3) is 0.222. The van der Waals surface area contributed by atoms with Crippen LogP contribution >= 0.6 is 0 Å². The van der Waals surface area contributed by atoms with Crippen LogP contribution in [0.25, 0.3) is 11.2 Å². The molecule has 0 bridgehead atoms. The van der Waals surface area contributed by atoms with Crippen molar-refractivity contribution in [2.75, 3.05) is 12.5 Å². The number of H-pyrrole nitrogens is 1. The minimum absolute atomic E-state index is 0.287. The molecular weight excluding hydrogens is 348 g/mol. The van der Waals surface area contributed by atoms with Crippen molar-refractivity contribution in [1.29, 1.82) is 0 Å². The Morgan fingerprint density at radius 3 is 2.70 bits per heavy atom. The van der Waals surface area contributed by atoms with Gasteiger partial charge in [0, 0.05) is 13.6 Å². The van der Waals surface area contributed by atoms with E-state index in [-0.39, 0.29) is 5.65 Å². The highest BCUT2D eigenvalue weighted by molar-refractivity contribution is 5.80. The van der Waals surface area contributed by atoms with Crippen molar-refractivity contribution in [1.82, 2.24) is 19.1 Å². The smallest absolute Gasteiger partial charge is 0.329 e. The molecule has 0 aliphatic carbocycles. The van der Waals surface area contributed by atoms with Gasteiger partial charge in [0.15, 0.2) is 11.2 Å². The lowest BCUT2D eigenvalue weighted by molar-refractivity contribution is 0.415. The van der Waals surface area contributed by atoms with Crippen LogP contribution < -0.4 is 21.4 Å². The van der Waals surface area contributed by atoms with Crippen molar-refractivity contribution < 1.29 is 4.74 Å². The average molecular weight is 368 g/mol. The van der Waals surface area contributed by atoms with Crippen molar-refractivity contribution in [3.8, 4) is 5.75 Å². The number of allylic oxidation sites excluding steroid dienone is 2. The van der Waals surface area contributed by atoms with E-state index in [1.54, 1.807) is 24.9 Å². The quantitative estimate of drug-likeness (QED) is 0.389. The molecule has 0 fully saturated rings. The number of hydrazone groups is 1. The number of fused-ring (bicyclic) bond motifs is 1. The molecule has 9 heteroatoms. The average Bonchev–Trinajstić information content (AvgIpc) is 3.04. The number of aromatic amines is 1. The van der Waals surface area contributed by atoms with Gasteiger partial charge in [-0.2, -0.15) is 10.1 Å². The minimum Gasteiger partial charge on any atom is -0.497 e. The van der Waals surface area contributed by atoms with Crippen LogP contribution in [0.5, 0.6) is 5.75 Å². The Kier molecular flexibility index (Phi) is 5.20. The summed E-state index contributed by atoms with van der Waals surface area (Å²) in [5.74, 6) is 1.12. The van der Waals surface area contributed by atoms with Gasteiger partial charge in [0.2, 0.25) is 5.95 Å². The maximum Gasteiger partial charge on any atom is 0.329 e. The summed E-state index contributed by atoms with van der Waals surface area (Å²) in [6, 6.07) is 7.39. The lowest BCUT2D eigenvalue weighted by Gasteiger charge is -2.05. The molecule has 27 heavy (non-hydrogen) atoms. The summed E-state index contributed by atoms with van der Waals surface area (Å²) in [6.07, 6.45) is 5.37. The van der Waals surface area contributed by atoms with E-state index in [4.69, 9.17) is 4.74 Å². The molecular formula is C18H20N6O3. The van der Waals surface area contributed by atoms with Gasteiger partial charge in [-0.1, -0.05) is 12.2 Å². The van der Waals surface area contributed by atoms with Gasteiger partial charge < -0.3 is 4.74 Å². The Morgan fingerprint density at radius 1 is 1.30 bits per heavy atom. The number of ether oxygens (including phenoxy) is 1. The van der Waals surface area contributed by atoms with Gasteiger partial charge in [-0.15, -0.1) is 0 Å². The topological polar surface area (TPSA) is 106 Å². The first-order valence-electron chi connectivity index (χ1n) is 8.29. The van der Waals surface area contributed by atoms with Crippen LogP contribution in [-0.2, 0) is 13.6 Å². The molecule has 0 spiro atoms. The fourth-order valence-electron chi connectivity index (χ4n) is 2.56. The molecule has 1 aromatic carbocycles. The van der Waals surface area contributed by atoms with Crippen LogP contribution in [0.4, 0.5) is 5.95 Å². The van der Waals surface area contributed by atoms with Crippen LogP contribution in [0, 0.1) is 0 Å². The molecule has 0 unspecified atom stereocenters. The number of rotatable bonds is 6. The maximum atomic E-state index is 12.3. The number of benzene rings is 1. The van der Waals surface area contributed by atoms with E-state index in [9.17, 15) is 9.59 Å². The van der Waals surface area contributed by atoms with Gasteiger partial charge >= 0.3 is 5.69 Å². The summed E-state index contributed by atoms with van der Waals surface area (Å²) in [4.78, 5) is 30.8. The van der Waals surface area contributed by atoms with Crippen molar-refractivity contribution in [2.45, 2.75) is 13.5 Å². The zero-order valence-electron chi connectivity index (χ0n) is 15.3. The Balaban J connectivity index is 1.98. The van der Waals surface area contributed by atoms with Crippen LogP contribution in [0.15, 0.2) is 51.1 Å². The van der Waals surface area contributed by atoms with Gasteiger partial charge in [0.05, 0.1) is 13.3 Å². The largest absolute Gasteiger partial charge is 0.497 e. The van der Waals surface area contributed by atoms with Gasteiger partial charge in [-0.05, 0) is 36.8 Å². The Morgan fingerprint density at radius 2 is 2.04 bits per heavy atom. The molecule has 140 valence electrons. The molecule has 0 radical (unpaired) electrons. The monoisotopic (exact) mass is 368 g/mol. The van der Waals surface area contributed by atoms with Crippen LogP contribution in [0.2, 0.25) is 0 Å². The van der Waals surface area contributed by atoms with E-state index in [0.29, 0.717) is 18.0 Å². The first kappa shape index (κ1) is 18.2. The van der Waals surface area contributed by atoms with Crippen molar-refractivity contribution in [2.24, 2.45) is 12.1 Å². The molecule has 2 N–H and O–H groups in total. The highest BCUT2D eigenvalue weighted by Gasteiger charge is 2.16. The fourth-order valence-corrected chi connectivity index (χ4v) is 2.56. The molecule has 0 amide bonds. The number of hydrogen-bond acceptors (Lipinski definition) is 6. The summed E-state index contributed by atoms with van der Waals surface area (Å²) < 4.78 is 8.08. The second-order valence-electron chi connectivity index (χ2n) is 5.75. The van der Waals surface area contributed by atoms with Crippen molar-refractivity contribution in [3.63, 3.8) is 0 Å². The molecule has 0 aliphatic heterocycles. The summed E-state index contributed by atoms with van der Waals surface area (Å²) in [7, 11) is 3.16. The molecule has 2 heterocycles. The normalized spacial score (nSPS) is 11.7. The highest BCUT2D eigenvalue weighted by atomic mass is 16.5. The van der Waals surface area contributed by atoms with E-state index in [2.05, 4.69) is 20.5 Å². The molecule has 0 saturated carbocycles. The third-order valence-corrected chi connectivity index (χ3v) is 4.02. The summed E-state index contributed by atoms with van der Waals surface area (Å²) >= 11 is 0. The Bertz CT molecular complexity index is 1120. The second kappa shape index (κ2) is 7.73. The molecule has 9 nitrogen and oxygen atoms in total. The second-order valence-corrected chi connectivity index (χ2v) is 5.75. The molecule has 3 rings (SSSR count). The predicted molar refractivity (Wildman–Crippen MR) is 105 cm³/mol. The van der Waals surface area contributed by atoms with Gasteiger partial charge in [0.25, 0.3) is 5.56 Å². The zero-order chi connectivity index (χ0) is 19.4. The van der Waals surface area contributed by atoms with Crippen molar-refractivity contribution in [3.05, 3.63) is 62.8 Å². The number of nitrogens with zero attached hydrogens (tertiary/aromatic N) is 4. The number of nitrogens with one attached hydrogen (secondary N) is 2. The molecule has 0 aliphatic rings. The van der Waals surface area contributed by atoms with E-state index in [0.717, 1.165) is 11.3 Å². The minimum atomic E-state index is -0.517. The van der Waals surface area contributed by atoms with Crippen molar-refractivity contribution >= 4 is 23.3 Å². The third-order valence-electron chi connectivity index (χ3n) is 4.02. The lowest BCUT2D eigenvalue weighted by Crippen LogP contribution is -2.29. The first-order valence-corrected chi connectivity index (χ1v) is 8.29. The Labute approximate surface area is 154 Å². The van der Waals surface area contributed by atoms with E-state index in [1.807, 2.05) is 43.3 Å². The van der Waals surface area contributed by atoms with E-state index >= 15 is 0 Å². The zero-order valence-corrected chi connectivity index (χ0v) is 15.3. The summed E-state index contributed by atoms with van der Waals surface area (Å²) in [5, 5.41) is 4.19. The van der Waals surface area contributed by atoms with Crippen LogP contribution in [0.3, 0.4) is 0 Å². The lowest BCUT2D eigenvalue weighted by atomic mass is 10.2. The summed E-state index contributed by atoms with van der Waals surface area (Å²) in [6.45, 7) is 2.29. The third kappa shape index (κ3) is 3.66. The van der Waals surface area contributed by atoms with E-state index < -0.39 is 11.2 Å². The molecule has 0 saturated heterocycles. The number of imidazole rings is 1. The SMILES string of the molecule is C/C=C/Cn1c(N/N=C\c2ccc(OC)cc2)nc2c1c(=O)[nH]c(=O)n2C. The highest BCUT2D eigenvalue weighted by Crippen LogP contribution is 2.15. The van der Waals surface area contributed by atoms with Gasteiger partial charge in [-0.25, -0.2) is 10.2 Å². The number of aromatic nitrogens is 4. The van der Waals surface area contributed by atoms with E-state index in [1.165, 1.54) is 4.57 Å². The number of hydrogen-bond donors (Lipinski definition) is 2. The summed E-state index contributed by atoms with van der Waals surface area (Å²) in [5.41, 5.74) is 3.30. The van der Waals surface area contributed by atoms with Gasteiger partial charge in [0.1, 0.15) is 5.75 Å². The number of anilines is 1. The first-order chi connectivity index (χ1) is 13.0. The standard InChI is InChI=1S/C18H20N6O3/c1-4-5-10-24-14-15(23(2)18(26)21-16(14)25)20-17(24)22-19-11-12-6-8-13(27-3)9-7-12/h4-9,11H,10H2,1-3H3,(H,20,22)(H,21,25,26)/b5-4+,19-11-. The Hall–Kier alpha value is -3.62. The number of aryl methyl sites for hydroxylation is 1. The molecule has 3 aromatic rings. The van der Waals surface area contributed by atoms with Gasteiger partial charge in [-0.3, -0.25) is 18.9 Å². The number of methoxy groups -OCH3 is 1. The predicted octanol–water partition coefficient (Wildman–Crippen LogP) is 1.45. The maximum absolute atomic E-state index is 12.3. The molecule has 0 atom stereocenters. The van der Waals surface area contributed by atoms with Crippen LogP contribution in [-0.4, -0.2) is 32.4 Å². The van der Waals surface area contributed by atoms with Crippen LogP contribution in [0.1, 0.15) is 12.5 Å². The molecule has 2 aromatic heterocycles.